The summed E-state index contributed by atoms with van der Waals surface area (Å²) in [6.07, 6.45) is 0. The molecule has 0 unspecified atom stereocenters. The van der Waals surface area contributed by atoms with Crippen LogP contribution in [0.25, 0.3) is 5.69 Å². The van der Waals surface area contributed by atoms with Gasteiger partial charge in [-0.1, -0.05) is 36.4 Å². The van der Waals surface area contributed by atoms with Gasteiger partial charge in [0.25, 0.3) is 0 Å². The summed E-state index contributed by atoms with van der Waals surface area (Å²) in [4.78, 5) is 12.5. The monoisotopic (exact) mass is 322 g/mol. The normalized spacial score (nSPS) is 10.6. The van der Waals surface area contributed by atoms with Gasteiger partial charge in [-0.05, 0) is 30.7 Å². The zero-order chi connectivity index (χ0) is 16.9. The fourth-order valence-corrected chi connectivity index (χ4v) is 2.41. The molecule has 5 heteroatoms. The molecule has 0 atom stereocenters. The molecule has 1 heterocycles. The molecule has 3 aromatic rings. The van der Waals surface area contributed by atoms with E-state index in [1.165, 1.54) is 0 Å². The Labute approximate surface area is 140 Å². The van der Waals surface area contributed by atoms with Gasteiger partial charge in [-0.15, -0.1) is 0 Å². The molecule has 0 aliphatic rings. The Kier molecular flexibility index (Phi) is 4.72. The van der Waals surface area contributed by atoms with E-state index >= 15 is 0 Å². The third-order valence-electron chi connectivity index (χ3n) is 3.58. The van der Waals surface area contributed by atoms with Crippen LogP contribution in [0.2, 0.25) is 0 Å². The van der Waals surface area contributed by atoms with Crippen molar-refractivity contribution in [1.29, 1.82) is 0 Å². The molecule has 0 radical (unpaired) electrons. The summed E-state index contributed by atoms with van der Waals surface area (Å²) >= 11 is 0. The molecule has 0 N–H and O–H groups in total. The van der Waals surface area contributed by atoms with Crippen molar-refractivity contribution >= 4 is 5.97 Å². The Bertz CT molecular complexity index is 841. The van der Waals surface area contributed by atoms with Crippen molar-refractivity contribution in [2.75, 3.05) is 7.11 Å². The predicted molar refractivity (Wildman–Crippen MR) is 90.4 cm³/mol. The van der Waals surface area contributed by atoms with Crippen molar-refractivity contribution in [1.82, 2.24) is 9.78 Å². The summed E-state index contributed by atoms with van der Waals surface area (Å²) in [5.41, 5.74) is 2.90. The first kappa shape index (κ1) is 16.0. The van der Waals surface area contributed by atoms with Crippen LogP contribution in [0.1, 0.15) is 21.6 Å². The number of hydrogen-bond donors (Lipinski definition) is 0. The van der Waals surface area contributed by atoms with Crippen LogP contribution in [0.5, 0.6) is 5.88 Å². The van der Waals surface area contributed by atoms with E-state index in [-0.39, 0.29) is 0 Å². The second-order valence-electron chi connectivity index (χ2n) is 5.36. The molecule has 1 aromatic heterocycles. The lowest BCUT2D eigenvalue weighted by Crippen LogP contribution is -2.13. The topological polar surface area (TPSA) is 53.4 Å². The lowest BCUT2D eigenvalue weighted by Gasteiger charge is -2.09. The number of hydrogen-bond acceptors (Lipinski definition) is 4. The summed E-state index contributed by atoms with van der Waals surface area (Å²) in [5, 5.41) is 4.45. The number of aromatic nitrogens is 2. The second kappa shape index (κ2) is 7.10. The Hall–Kier alpha value is -2.92. The Morgan fingerprint density at radius 1 is 1.08 bits per heavy atom. The van der Waals surface area contributed by atoms with E-state index in [4.69, 9.17) is 9.47 Å². The van der Waals surface area contributed by atoms with Gasteiger partial charge in [0.1, 0.15) is 0 Å². The van der Waals surface area contributed by atoms with E-state index in [9.17, 15) is 4.79 Å². The van der Waals surface area contributed by atoms with Crippen LogP contribution in [0.3, 0.4) is 0 Å². The molecular formula is C19H18N2O3. The number of para-hydroxylation sites is 1. The van der Waals surface area contributed by atoms with Crippen LogP contribution < -0.4 is 4.74 Å². The Morgan fingerprint density at radius 2 is 1.79 bits per heavy atom. The summed E-state index contributed by atoms with van der Waals surface area (Å²) < 4.78 is 12.3. The first-order valence-electron chi connectivity index (χ1n) is 7.60. The van der Waals surface area contributed by atoms with Gasteiger partial charge >= 0.3 is 5.97 Å². The highest BCUT2D eigenvalue weighted by atomic mass is 16.5. The lowest BCUT2D eigenvalue weighted by atomic mass is 10.1. The van der Waals surface area contributed by atoms with E-state index in [1.807, 2.05) is 55.5 Å². The van der Waals surface area contributed by atoms with Crippen LogP contribution >= 0.6 is 0 Å². The molecule has 0 spiro atoms. The average molecular weight is 322 g/mol. The van der Waals surface area contributed by atoms with Crippen LogP contribution in [-0.4, -0.2) is 22.9 Å². The standard InChI is InChI=1S/C19H18N2O3/c1-14-8-6-7-11-17(14)19(22)24-18-12-15(13-23-2)20-21(18)16-9-4-3-5-10-16/h3-12H,13H2,1-2H3. The minimum atomic E-state index is -0.408. The van der Waals surface area contributed by atoms with Crippen LogP contribution in [0.4, 0.5) is 0 Å². The largest absolute Gasteiger partial charge is 0.404 e. The number of rotatable bonds is 5. The van der Waals surface area contributed by atoms with Crippen molar-refractivity contribution in [3.05, 3.63) is 77.5 Å². The first-order valence-corrected chi connectivity index (χ1v) is 7.60. The molecule has 24 heavy (non-hydrogen) atoms. The summed E-state index contributed by atoms with van der Waals surface area (Å²) in [6.45, 7) is 2.22. The Balaban J connectivity index is 1.95. The van der Waals surface area contributed by atoms with Gasteiger partial charge in [0.15, 0.2) is 0 Å². The molecular weight excluding hydrogens is 304 g/mol. The number of esters is 1. The van der Waals surface area contributed by atoms with Crippen molar-refractivity contribution in [3.8, 4) is 11.6 Å². The molecule has 3 rings (SSSR count). The SMILES string of the molecule is COCc1cc(OC(=O)c2ccccc2C)n(-c2ccccc2)n1. The van der Waals surface area contributed by atoms with Gasteiger partial charge in [0.05, 0.1) is 23.6 Å². The predicted octanol–water partition coefficient (Wildman–Crippen LogP) is 3.55. The highest BCUT2D eigenvalue weighted by molar-refractivity contribution is 5.92. The van der Waals surface area contributed by atoms with Crippen LogP contribution in [0.15, 0.2) is 60.7 Å². The maximum absolute atomic E-state index is 12.5. The molecule has 0 bridgehead atoms. The number of aryl methyl sites for hydroxylation is 1. The zero-order valence-corrected chi connectivity index (χ0v) is 13.6. The van der Waals surface area contributed by atoms with E-state index < -0.39 is 5.97 Å². The highest BCUT2D eigenvalue weighted by Gasteiger charge is 2.17. The molecule has 2 aromatic carbocycles. The molecule has 0 aliphatic heterocycles. The van der Waals surface area contributed by atoms with Gasteiger partial charge in [0.2, 0.25) is 5.88 Å². The van der Waals surface area contributed by atoms with Gasteiger partial charge in [-0.2, -0.15) is 5.10 Å². The number of benzene rings is 2. The van der Waals surface area contributed by atoms with Crippen molar-refractivity contribution in [2.45, 2.75) is 13.5 Å². The Morgan fingerprint density at radius 3 is 2.50 bits per heavy atom. The summed E-state index contributed by atoms with van der Waals surface area (Å²) in [5.74, 6) is -0.0457. The van der Waals surface area contributed by atoms with Crippen LogP contribution in [0, 0.1) is 6.92 Å². The lowest BCUT2D eigenvalue weighted by molar-refractivity contribution is 0.0722. The van der Waals surface area contributed by atoms with E-state index in [0.29, 0.717) is 23.7 Å². The minimum Gasteiger partial charge on any atom is -0.404 e. The zero-order valence-electron chi connectivity index (χ0n) is 13.6. The second-order valence-corrected chi connectivity index (χ2v) is 5.36. The van der Waals surface area contributed by atoms with E-state index in [0.717, 1.165) is 11.3 Å². The van der Waals surface area contributed by atoms with Crippen molar-refractivity contribution in [3.63, 3.8) is 0 Å². The first-order chi connectivity index (χ1) is 11.7. The molecule has 0 amide bonds. The van der Waals surface area contributed by atoms with Crippen molar-refractivity contribution < 1.29 is 14.3 Å². The third kappa shape index (κ3) is 3.36. The number of carbonyl (C=O) groups is 1. The maximum Gasteiger partial charge on any atom is 0.345 e. The van der Waals surface area contributed by atoms with Gasteiger partial charge < -0.3 is 9.47 Å². The molecule has 5 nitrogen and oxygen atoms in total. The average Bonchev–Trinajstić information content (AvgIpc) is 2.99. The van der Waals surface area contributed by atoms with Crippen molar-refractivity contribution in [2.24, 2.45) is 0 Å². The number of nitrogens with zero attached hydrogens (tertiary/aromatic N) is 2. The van der Waals surface area contributed by atoms with Crippen LogP contribution in [-0.2, 0) is 11.3 Å². The fraction of sp³-hybridized carbons (Fsp3) is 0.158. The van der Waals surface area contributed by atoms with Gasteiger partial charge in [-0.3, -0.25) is 0 Å². The molecule has 0 saturated heterocycles. The molecule has 0 saturated carbocycles. The van der Waals surface area contributed by atoms with Gasteiger partial charge in [0, 0.05) is 13.2 Å². The highest BCUT2D eigenvalue weighted by Crippen LogP contribution is 2.21. The number of methoxy groups -OCH3 is 1. The summed E-state index contributed by atoms with van der Waals surface area (Å²) in [7, 11) is 1.60. The number of ether oxygens (including phenoxy) is 2. The fourth-order valence-electron chi connectivity index (χ4n) is 2.41. The molecule has 122 valence electrons. The maximum atomic E-state index is 12.5. The van der Waals surface area contributed by atoms with E-state index in [2.05, 4.69) is 5.10 Å². The van der Waals surface area contributed by atoms with E-state index in [1.54, 1.807) is 23.9 Å². The molecule has 0 aliphatic carbocycles. The quantitative estimate of drug-likeness (QED) is 0.674. The smallest absolute Gasteiger partial charge is 0.345 e. The minimum absolute atomic E-state index is 0.342. The molecule has 0 fully saturated rings. The third-order valence-corrected chi connectivity index (χ3v) is 3.58. The number of carbonyl (C=O) groups excluding carboxylic acids is 1. The van der Waals surface area contributed by atoms with Gasteiger partial charge in [-0.25, -0.2) is 9.48 Å². The summed E-state index contributed by atoms with van der Waals surface area (Å²) in [6, 6.07) is 18.6.